The first kappa shape index (κ1) is 25.0. The van der Waals surface area contributed by atoms with Gasteiger partial charge in [0.2, 0.25) is 5.91 Å². The van der Waals surface area contributed by atoms with E-state index in [0.717, 1.165) is 16.8 Å². The highest BCUT2D eigenvalue weighted by Crippen LogP contribution is 2.34. The van der Waals surface area contributed by atoms with Crippen molar-refractivity contribution in [2.24, 2.45) is 5.10 Å². The highest BCUT2D eigenvalue weighted by molar-refractivity contribution is 6.30. The number of carbonyl (C=O) groups is 2. The number of hydrogen-bond donors (Lipinski definition) is 1. The van der Waals surface area contributed by atoms with E-state index in [1.165, 1.54) is 5.01 Å². The molecule has 1 heterocycles. The van der Waals surface area contributed by atoms with Crippen LogP contribution in [0.4, 0.5) is 11.4 Å². The van der Waals surface area contributed by atoms with Crippen molar-refractivity contribution in [3.8, 4) is 6.07 Å². The Morgan fingerprint density at radius 2 is 1.78 bits per heavy atom. The summed E-state index contributed by atoms with van der Waals surface area (Å²) >= 11 is 5.91. The second-order valence-corrected chi connectivity index (χ2v) is 8.90. The summed E-state index contributed by atoms with van der Waals surface area (Å²) in [6.07, 6.45) is 0.417. The molecule has 1 aliphatic heterocycles. The van der Waals surface area contributed by atoms with Gasteiger partial charge in [-0.05, 0) is 48.4 Å². The van der Waals surface area contributed by atoms with E-state index in [9.17, 15) is 14.9 Å². The lowest BCUT2D eigenvalue weighted by atomic mass is 10.0. The summed E-state index contributed by atoms with van der Waals surface area (Å²) in [6, 6.07) is 26.1. The number of benzene rings is 3. The topological polar surface area (TPSA) is 88.8 Å². The van der Waals surface area contributed by atoms with Crippen molar-refractivity contribution >= 4 is 40.6 Å². The molecule has 8 heteroatoms. The lowest BCUT2D eigenvalue weighted by molar-refractivity contribution is -0.136. The van der Waals surface area contributed by atoms with Gasteiger partial charge in [-0.15, -0.1) is 0 Å². The molecule has 0 saturated carbocycles. The molecular weight excluding hydrogens is 474 g/mol. The Kier molecular flexibility index (Phi) is 7.99. The first-order chi connectivity index (χ1) is 17.5. The van der Waals surface area contributed by atoms with E-state index in [4.69, 9.17) is 16.7 Å². The summed E-state index contributed by atoms with van der Waals surface area (Å²) in [6.45, 7) is 2.45. The number of nitrogens with one attached hydrogen (secondary N) is 1. The van der Waals surface area contributed by atoms with E-state index >= 15 is 0 Å². The fraction of sp³-hybridized carbons (Fsp3) is 0.214. The van der Waals surface area contributed by atoms with Crippen LogP contribution in [0.5, 0.6) is 0 Å². The maximum atomic E-state index is 13.3. The van der Waals surface area contributed by atoms with Crippen LogP contribution in [-0.2, 0) is 9.59 Å². The Hall–Kier alpha value is -4.15. The Labute approximate surface area is 215 Å². The normalized spacial score (nSPS) is 14.6. The molecule has 1 unspecified atom stereocenters. The third-order valence-electron chi connectivity index (χ3n) is 5.94. The van der Waals surface area contributed by atoms with Crippen molar-refractivity contribution < 1.29 is 9.59 Å². The van der Waals surface area contributed by atoms with E-state index in [1.54, 1.807) is 24.3 Å². The van der Waals surface area contributed by atoms with E-state index in [2.05, 4.69) is 11.4 Å². The third-order valence-corrected chi connectivity index (χ3v) is 6.19. The predicted octanol–water partition coefficient (Wildman–Crippen LogP) is 5.68. The molecule has 0 bridgehead atoms. The van der Waals surface area contributed by atoms with Crippen molar-refractivity contribution in [1.82, 2.24) is 5.01 Å². The van der Waals surface area contributed by atoms with E-state index in [-0.39, 0.29) is 12.5 Å². The van der Waals surface area contributed by atoms with Gasteiger partial charge in [0.1, 0.15) is 12.3 Å². The predicted molar refractivity (Wildman–Crippen MR) is 142 cm³/mol. The van der Waals surface area contributed by atoms with Crippen LogP contribution in [0.15, 0.2) is 84.0 Å². The van der Waals surface area contributed by atoms with Gasteiger partial charge in [-0.2, -0.15) is 10.4 Å². The van der Waals surface area contributed by atoms with Crippen molar-refractivity contribution in [2.75, 3.05) is 16.8 Å². The number of amides is 2. The zero-order chi connectivity index (χ0) is 25.5. The van der Waals surface area contributed by atoms with Crippen LogP contribution >= 0.6 is 11.6 Å². The number of hydrazone groups is 1. The van der Waals surface area contributed by atoms with Crippen molar-refractivity contribution in [3.05, 3.63) is 95.0 Å². The second kappa shape index (κ2) is 11.5. The first-order valence-electron chi connectivity index (χ1n) is 11.7. The van der Waals surface area contributed by atoms with E-state index < -0.39 is 11.8 Å². The SMILES string of the molecule is Cc1ccccc1N(CCC#N)C1=NN(C(=O)CC(=O)Nc2ccc(Cl)cc2)C(c2ccccc2)C1. The van der Waals surface area contributed by atoms with Crippen LogP contribution in [0.2, 0.25) is 5.02 Å². The van der Waals surface area contributed by atoms with Gasteiger partial charge < -0.3 is 10.2 Å². The average Bonchev–Trinajstić information content (AvgIpc) is 3.33. The number of rotatable bonds is 7. The van der Waals surface area contributed by atoms with Crippen LogP contribution in [0.25, 0.3) is 0 Å². The molecule has 3 aromatic rings. The second-order valence-electron chi connectivity index (χ2n) is 8.46. The molecule has 0 fully saturated rings. The van der Waals surface area contributed by atoms with Gasteiger partial charge in [-0.3, -0.25) is 9.59 Å². The number of para-hydroxylation sites is 1. The summed E-state index contributed by atoms with van der Waals surface area (Å²) < 4.78 is 0. The quantitative estimate of drug-likeness (QED) is 0.423. The minimum atomic E-state index is -0.432. The molecular formula is C28H26ClN5O2. The van der Waals surface area contributed by atoms with Crippen molar-refractivity contribution in [1.29, 1.82) is 5.26 Å². The molecule has 2 amide bonds. The standard InChI is InChI=1S/C28H26ClN5O2/c1-20-8-5-6-11-24(20)33(17-7-16-30)26-18-25(21-9-3-2-4-10-21)34(32-26)28(36)19-27(35)31-23-14-12-22(29)13-15-23/h2-6,8-15,25H,7,17-19H2,1H3,(H,31,35). The molecule has 182 valence electrons. The lowest BCUT2D eigenvalue weighted by Crippen LogP contribution is -2.31. The number of hydrogen-bond acceptors (Lipinski definition) is 5. The molecule has 0 spiro atoms. The number of nitriles is 1. The Bertz CT molecular complexity index is 1300. The number of carbonyl (C=O) groups excluding carboxylic acids is 2. The highest BCUT2D eigenvalue weighted by atomic mass is 35.5. The molecule has 0 aromatic heterocycles. The molecule has 7 nitrogen and oxygen atoms in total. The van der Waals surface area contributed by atoms with E-state index in [1.807, 2.05) is 66.4 Å². The molecule has 1 aliphatic rings. The van der Waals surface area contributed by atoms with Gasteiger partial charge in [0.25, 0.3) is 5.91 Å². The van der Waals surface area contributed by atoms with Crippen molar-refractivity contribution in [3.63, 3.8) is 0 Å². The minimum Gasteiger partial charge on any atom is -0.327 e. The minimum absolute atomic E-state index is 0.306. The van der Waals surface area contributed by atoms with Crippen LogP contribution in [0.3, 0.4) is 0 Å². The van der Waals surface area contributed by atoms with Crippen LogP contribution in [-0.4, -0.2) is 29.2 Å². The molecule has 36 heavy (non-hydrogen) atoms. The van der Waals surface area contributed by atoms with Gasteiger partial charge in [0.15, 0.2) is 0 Å². The zero-order valence-corrected chi connectivity index (χ0v) is 20.7. The molecule has 0 radical (unpaired) electrons. The van der Waals surface area contributed by atoms with Crippen LogP contribution in [0.1, 0.15) is 36.4 Å². The molecule has 0 aliphatic carbocycles. The Morgan fingerprint density at radius 1 is 1.08 bits per heavy atom. The van der Waals surface area contributed by atoms with Crippen LogP contribution < -0.4 is 10.2 Å². The largest absolute Gasteiger partial charge is 0.327 e. The van der Waals surface area contributed by atoms with Crippen molar-refractivity contribution in [2.45, 2.75) is 32.2 Å². The third kappa shape index (κ3) is 5.91. The maximum absolute atomic E-state index is 13.3. The van der Waals surface area contributed by atoms with Gasteiger partial charge in [-0.25, -0.2) is 5.01 Å². The van der Waals surface area contributed by atoms with Gasteiger partial charge >= 0.3 is 0 Å². The fourth-order valence-electron chi connectivity index (χ4n) is 4.20. The first-order valence-corrected chi connectivity index (χ1v) is 12.0. The summed E-state index contributed by atoms with van der Waals surface area (Å²) in [4.78, 5) is 28.0. The number of nitrogens with zero attached hydrogens (tertiary/aromatic N) is 4. The zero-order valence-electron chi connectivity index (χ0n) is 19.9. The number of amidine groups is 1. The van der Waals surface area contributed by atoms with Gasteiger partial charge in [0.05, 0.1) is 18.5 Å². The summed E-state index contributed by atoms with van der Waals surface area (Å²) in [5.74, 6) is -0.159. The average molecular weight is 500 g/mol. The molecule has 1 N–H and O–H groups in total. The lowest BCUT2D eigenvalue weighted by Gasteiger charge is -2.25. The number of halogens is 1. The maximum Gasteiger partial charge on any atom is 0.252 e. The molecule has 3 aromatic carbocycles. The van der Waals surface area contributed by atoms with Gasteiger partial charge in [-0.1, -0.05) is 60.1 Å². The summed E-state index contributed by atoms with van der Waals surface area (Å²) in [7, 11) is 0. The Balaban J connectivity index is 1.60. The summed E-state index contributed by atoms with van der Waals surface area (Å²) in [5, 5.41) is 18.7. The molecule has 1 atom stereocenters. The number of aryl methyl sites for hydroxylation is 1. The number of anilines is 2. The van der Waals surface area contributed by atoms with Gasteiger partial charge in [0, 0.05) is 29.4 Å². The summed E-state index contributed by atoms with van der Waals surface area (Å²) in [5.41, 5.74) is 3.46. The smallest absolute Gasteiger partial charge is 0.252 e. The van der Waals surface area contributed by atoms with E-state index in [0.29, 0.717) is 35.9 Å². The molecule has 4 rings (SSSR count). The van der Waals surface area contributed by atoms with Crippen LogP contribution in [0, 0.1) is 18.3 Å². The molecule has 0 saturated heterocycles. The Morgan fingerprint density at radius 3 is 2.47 bits per heavy atom. The fourth-order valence-corrected chi connectivity index (χ4v) is 4.32. The monoisotopic (exact) mass is 499 g/mol. The highest BCUT2D eigenvalue weighted by Gasteiger charge is 2.35.